The van der Waals surface area contributed by atoms with Crippen LogP contribution in [0.2, 0.25) is 0 Å². The SMILES string of the molecule is COc1cccc(C2CNC(=O)O2)c1[N+](=O)[O-]. The smallest absolute Gasteiger partial charge is 0.407 e. The Bertz CT molecular complexity index is 474. The fourth-order valence-electron chi connectivity index (χ4n) is 1.72. The van der Waals surface area contributed by atoms with Crippen molar-refractivity contribution in [2.45, 2.75) is 6.10 Å². The van der Waals surface area contributed by atoms with E-state index in [9.17, 15) is 14.9 Å². The second-order valence-electron chi connectivity index (χ2n) is 3.43. The lowest BCUT2D eigenvalue weighted by Gasteiger charge is -2.10. The summed E-state index contributed by atoms with van der Waals surface area (Å²) in [6.07, 6.45) is -1.23. The van der Waals surface area contributed by atoms with Gasteiger partial charge in [-0.1, -0.05) is 6.07 Å². The molecule has 1 amide bonds. The minimum Gasteiger partial charge on any atom is -0.490 e. The van der Waals surface area contributed by atoms with Crippen molar-refractivity contribution in [3.05, 3.63) is 33.9 Å². The number of hydrogen-bond donors (Lipinski definition) is 1. The number of alkyl carbamates (subject to hydrolysis) is 1. The van der Waals surface area contributed by atoms with E-state index in [0.29, 0.717) is 5.56 Å². The zero-order chi connectivity index (χ0) is 12.4. The van der Waals surface area contributed by atoms with Crippen molar-refractivity contribution in [1.82, 2.24) is 5.32 Å². The predicted molar refractivity (Wildman–Crippen MR) is 56.9 cm³/mol. The van der Waals surface area contributed by atoms with Crippen LogP contribution in [0, 0.1) is 10.1 Å². The molecule has 1 heterocycles. The number of cyclic esters (lactones) is 1. The molecule has 1 fully saturated rings. The van der Waals surface area contributed by atoms with Crippen LogP contribution in [-0.2, 0) is 4.74 Å². The van der Waals surface area contributed by atoms with Gasteiger partial charge in [-0.25, -0.2) is 4.79 Å². The van der Waals surface area contributed by atoms with Gasteiger partial charge in [0.1, 0.15) is 0 Å². The highest BCUT2D eigenvalue weighted by Crippen LogP contribution is 2.36. The standard InChI is InChI=1S/C10H10N2O5/c1-16-7-4-2-3-6(9(7)12(14)15)8-5-11-10(13)17-8/h2-4,8H,5H2,1H3,(H,11,13). The summed E-state index contributed by atoms with van der Waals surface area (Å²) in [5, 5.41) is 13.5. The molecule has 1 aromatic carbocycles. The fourth-order valence-corrected chi connectivity index (χ4v) is 1.72. The Balaban J connectivity index is 2.45. The van der Waals surface area contributed by atoms with Gasteiger partial charge in [0.05, 0.1) is 24.1 Å². The summed E-state index contributed by atoms with van der Waals surface area (Å²) in [7, 11) is 1.35. The first-order valence-electron chi connectivity index (χ1n) is 4.89. The molecule has 1 aliphatic heterocycles. The lowest BCUT2D eigenvalue weighted by Crippen LogP contribution is -2.12. The zero-order valence-corrected chi connectivity index (χ0v) is 9.00. The monoisotopic (exact) mass is 238 g/mol. The molecule has 0 aromatic heterocycles. The molecular weight excluding hydrogens is 228 g/mol. The van der Waals surface area contributed by atoms with Crippen LogP contribution in [0.5, 0.6) is 5.75 Å². The topological polar surface area (TPSA) is 90.7 Å². The number of benzene rings is 1. The number of para-hydroxylation sites is 1. The first-order valence-corrected chi connectivity index (χ1v) is 4.89. The molecule has 7 heteroatoms. The molecule has 1 atom stereocenters. The van der Waals surface area contributed by atoms with Gasteiger partial charge in [-0.05, 0) is 12.1 Å². The highest BCUT2D eigenvalue weighted by Gasteiger charge is 2.32. The molecule has 0 spiro atoms. The lowest BCUT2D eigenvalue weighted by molar-refractivity contribution is -0.387. The Labute approximate surface area is 96.5 Å². The summed E-state index contributed by atoms with van der Waals surface area (Å²) in [5.74, 6) is 0.149. The number of nitro benzene ring substituents is 1. The average Bonchev–Trinajstić information content (AvgIpc) is 2.74. The Morgan fingerprint density at radius 1 is 1.59 bits per heavy atom. The van der Waals surface area contributed by atoms with Crippen LogP contribution < -0.4 is 10.1 Å². The van der Waals surface area contributed by atoms with E-state index in [1.807, 2.05) is 0 Å². The quantitative estimate of drug-likeness (QED) is 0.634. The van der Waals surface area contributed by atoms with Gasteiger partial charge in [-0.15, -0.1) is 0 Å². The maximum Gasteiger partial charge on any atom is 0.407 e. The summed E-state index contributed by atoms with van der Waals surface area (Å²) in [5.41, 5.74) is 0.157. The normalized spacial score (nSPS) is 18.4. The van der Waals surface area contributed by atoms with Crippen LogP contribution in [0.15, 0.2) is 18.2 Å². The van der Waals surface area contributed by atoms with E-state index in [-0.39, 0.29) is 18.0 Å². The third kappa shape index (κ3) is 1.99. The van der Waals surface area contributed by atoms with Gasteiger partial charge < -0.3 is 14.8 Å². The highest BCUT2D eigenvalue weighted by atomic mass is 16.6. The van der Waals surface area contributed by atoms with E-state index >= 15 is 0 Å². The van der Waals surface area contributed by atoms with Crippen molar-refractivity contribution in [2.75, 3.05) is 13.7 Å². The summed E-state index contributed by atoms with van der Waals surface area (Å²) in [6, 6.07) is 4.66. The van der Waals surface area contributed by atoms with E-state index < -0.39 is 17.1 Å². The maximum atomic E-state index is 11.0. The molecular formula is C10H10N2O5. The molecule has 0 radical (unpaired) electrons. The van der Waals surface area contributed by atoms with Crippen LogP contribution in [0.3, 0.4) is 0 Å². The van der Waals surface area contributed by atoms with Gasteiger partial charge in [-0.3, -0.25) is 10.1 Å². The van der Waals surface area contributed by atoms with E-state index in [1.165, 1.54) is 13.2 Å². The molecule has 1 N–H and O–H groups in total. The van der Waals surface area contributed by atoms with Crippen LogP contribution >= 0.6 is 0 Å². The summed E-state index contributed by atoms with van der Waals surface area (Å²) in [6.45, 7) is 0.215. The first kappa shape index (κ1) is 11.2. The molecule has 17 heavy (non-hydrogen) atoms. The third-order valence-electron chi connectivity index (χ3n) is 2.46. The molecule has 0 aliphatic carbocycles. The van der Waals surface area contributed by atoms with E-state index in [1.54, 1.807) is 12.1 Å². The number of carbonyl (C=O) groups is 1. The third-order valence-corrected chi connectivity index (χ3v) is 2.46. The molecule has 1 aliphatic rings. The lowest BCUT2D eigenvalue weighted by atomic mass is 10.1. The van der Waals surface area contributed by atoms with Gasteiger partial charge in [0.15, 0.2) is 11.9 Å². The summed E-state index contributed by atoms with van der Waals surface area (Å²) >= 11 is 0. The number of hydrogen-bond acceptors (Lipinski definition) is 5. The van der Waals surface area contributed by atoms with Gasteiger partial charge >= 0.3 is 11.8 Å². The molecule has 0 bridgehead atoms. The fraction of sp³-hybridized carbons (Fsp3) is 0.300. The van der Waals surface area contributed by atoms with E-state index in [4.69, 9.17) is 9.47 Å². The first-order chi connectivity index (χ1) is 8.13. The van der Waals surface area contributed by atoms with Crippen LogP contribution in [0.1, 0.15) is 11.7 Å². The van der Waals surface area contributed by atoms with Crippen LogP contribution in [0.25, 0.3) is 0 Å². The largest absolute Gasteiger partial charge is 0.490 e. The minimum absolute atomic E-state index is 0.149. The van der Waals surface area contributed by atoms with Crippen molar-refractivity contribution < 1.29 is 19.2 Å². The Hall–Kier alpha value is -2.31. The Kier molecular flexibility index (Phi) is 2.82. The number of nitrogens with one attached hydrogen (secondary N) is 1. The molecule has 1 unspecified atom stereocenters. The Morgan fingerprint density at radius 3 is 2.88 bits per heavy atom. The molecule has 2 rings (SSSR count). The molecule has 90 valence electrons. The number of amides is 1. The highest BCUT2D eigenvalue weighted by molar-refractivity contribution is 5.70. The molecule has 1 aromatic rings. The number of nitrogens with zero attached hydrogens (tertiary/aromatic N) is 1. The summed E-state index contributed by atoms with van der Waals surface area (Å²) < 4.78 is 9.86. The van der Waals surface area contributed by atoms with Crippen LogP contribution in [0.4, 0.5) is 10.5 Å². The van der Waals surface area contributed by atoms with Crippen LogP contribution in [-0.4, -0.2) is 24.7 Å². The second-order valence-corrected chi connectivity index (χ2v) is 3.43. The average molecular weight is 238 g/mol. The van der Waals surface area contributed by atoms with Crippen molar-refractivity contribution in [2.24, 2.45) is 0 Å². The second kappa shape index (κ2) is 4.28. The van der Waals surface area contributed by atoms with Crippen molar-refractivity contribution in [1.29, 1.82) is 0 Å². The molecule has 1 saturated heterocycles. The number of rotatable bonds is 3. The molecule has 7 nitrogen and oxygen atoms in total. The van der Waals surface area contributed by atoms with Gasteiger partial charge in [-0.2, -0.15) is 0 Å². The van der Waals surface area contributed by atoms with Crippen molar-refractivity contribution >= 4 is 11.8 Å². The predicted octanol–water partition coefficient (Wildman–Crippen LogP) is 1.38. The number of methoxy groups -OCH3 is 1. The van der Waals surface area contributed by atoms with Crippen molar-refractivity contribution in [3.8, 4) is 5.75 Å². The van der Waals surface area contributed by atoms with E-state index in [0.717, 1.165) is 0 Å². The number of carbonyl (C=O) groups excluding carboxylic acids is 1. The van der Waals surface area contributed by atoms with Gasteiger partial charge in [0.25, 0.3) is 0 Å². The number of nitro groups is 1. The van der Waals surface area contributed by atoms with Gasteiger partial charge in [0.2, 0.25) is 0 Å². The van der Waals surface area contributed by atoms with E-state index in [2.05, 4.69) is 5.32 Å². The zero-order valence-electron chi connectivity index (χ0n) is 9.00. The summed E-state index contributed by atoms with van der Waals surface area (Å²) in [4.78, 5) is 21.4. The van der Waals surface area contributed by atoms with Crippen molar-refractivity contribution in [3.63, 3.8) is 0 Å². The molecule has 0 saturated carbocycles. The Morgan fingerprint density at radius 2 is 2.35 bits per heavy atom. The van der Waals surface area contributed by atoms with Gasteiger partial charge in [0, 0.05) is 0 Å². The minimum atomic E-state index is -0.655. The maximum absolute atomic E-state index is 11.0. The number of ether oxygens (including phenoxy) is 2.